The van der Waals surface area contributed by atoms with Crippen molar-refractivity contribution in [2.24, 2.45) is 0 Å². The van der Waals surface area contributed by atoms with Crippen LogP contribution < -0.4 is 18.9 Å². The third-order valence-electron chi connectivity index (χ3n) is 8.76. The van der Waals surface area contributed by atoms with E-state index in [4.69, 9.17) is 37.9 Å². The van der Waals surface area contributed by atoms with Gasteiger partial charge in [0.15, 0.2) is 0 Å². The minimum Gasteiger partial charge on any atom is -0.428 e. The summed E-state index contributed by atoms with van der Waals surface area (Å²) in [4.78, 5) is 51.7. The standard InChI is InChI=1S/C52H58O12/c1-32-15-14-16-37(29-32)44(40-30-35(21-27-42(40)59-47(55)63-51(8,9)10)33-17-23-38(24-18-33)57-45(53)61-49(2,3)4)41-31-36(22-28-43(41)60-48(56)64-52(11,12)13)34-19-25-39(26-20-34)58-46(54)62-50(5,6)7/h14,16-31,44H,1,15H2,2-13H3. The zero-order valence-corrected chi connectivity index (χ0v) is 38.7. The first-order valence-corrected chi connectivity index (χ1v) is 20.9. The predicted molar refractivity (Wildman–Crippen MR) is 244 cm³/mol. The lowest BCUT2D eigenvalue weighted by Crippen LogP contribution is -2.27. The Balaban J connectivity index is 1.70. The Bertz CT molecular complexity index is 2280. The maximum atomic E-state index is 13.4. The van der Waals surface area contributed by atoms with Crippen molar-refractivity contribution >= 4 is 24.6 Å². The monoisotopic (exact) mass is 874 g/mol. The first-order valence-electron chi connectivity index (χ1n) is 20.9. The molecule has 338 valence electrons. The summed E-state index contributed by atoms with van der Waals surface area (Å²) in [7, 11) is 0. The van der Waals surface area contributed by atoms with Gasteiger partial charge in [0.1, 0.15) is 45.4 Å². The topological polar surface area (TPSA) is 142 Å². The van der Waals surface area contributed by atoms with Gasteiger partial charge in [-0.05, 0) is 166 Å². The molecule has 0 unspecified atom stereocenters. The van der Waals surface area contributed by atoms with E-state index in [2.05, 4.69) is 6.58 Å². The van der Waals surface area contributed by atoms with Crippen molar-refractivity contribution in [3.63, 3.8) is 0 Å². The fourth-order valence-corrected chi connectivity index (χ4v) is 6.37. The molecule has 5 rings (SSSR count). The zero-order chi connectivity index (χ0) is 47.2. The average Bonchev–Trinajstić information content (AvgIpc) is 3.14. The maximum Gasteiger partial charge on any atom is 0.514 e. The van der Waals surface area contributed by atoms with E-state index in [1.807, 2.05) is 30.4 Å². The van der Waals surface area contributed by atoms with Crippen molar-refractivity contribution in [2.75, 3.05) is 0 Å². The van der Waals surface area contributed by atoms with Gasteiger partial charge in [-0.3, -0.25) is 0 Å². The molecular formula is C52H58O12. The molecule has 0 aliphatic heterocycles. The first-order chi connectivity index (χ1) is 29.7. The number of hydrogen-bond acceptors (Lipinski definition) is 12. The molecule has 0 fully saturated rings. The largest absolute Gasteiger partial charge is 0.514 e. The molecule has 1 aliphatic carbocycles. The molecule has 0 amide bonds. The molecule has 0 aromatic heterocycles. The third-order valence-corrected chi connectivity index (χ3v) is 8.76. The summed E-state index contributed by atoms with van der Waals surface area (Å²) in [5, 5.41) is 0. The van der Waals surface area contributed by atoms with Crippen LogP contribution in [-0.2, 0) is 18.9 Å². The van der Waals surface area contributed by atoms with Crippen molar-refractivity contribution in [2.45, 2.75) is 118 Å². The van der Waals surface area contributed by atoms with Crippen LogP contribution in [0, 0.1) is 0 Å². The fraction of sp³-hybridized carbons (Fsp3) is 0.346. The Hall–Kier alpha value is -6.82. The van der Waals surface area contributed by atoms with Crippen LogP contribution in [0.2, 0.25) is 0 Å². The van der Waals surface area contributed by atoms with Gasteiger partial charge in [-0.15, -0.1) is 0 Å². The Morgan fingerprint density at radius 3 is 1.12 bits per heavy atom. The van der Waals surface area contributed by atoms with Crippen molar-refractivity contribution in [1.29, 1.82) is 0 Å². The van der Waals surface area contributed by atoms with Crippen molar-refractivity contribution < 1.29 is 57.1 Å². The minimum absolute atomic E-state index is 0.177. The molecule has 0 radical (unpaired) electrons. The van der Waals surface area contributed by atoms with Crippen LogP contribution in [0.3, 0.4) is 0 Å². The van der Waals surface area contributed by atoms with Crippen LogP contribution in [0.4, 0.5) is 19.2 Å². The second-order valence-corrected chi connectivity index (χ2v) is 19.2. The maximum absolute atomic E-state index is 13.4. The Labute approximate surface area is 375 Å². The molecule has 4 aromatic carbocycles. The second kappa shape index (κ2) is 19.3. The number of carbonyl (C=O) groups excluding carboxylic acids is 4. The van der Waals surface area contributed by atoms with Crippen LogP contribution in [0.25, 0.3) is 22.3 Å². The van der Waals surface area contributed by atoms with E-state index in [0.717, 1.165) is 22.3 Å². The van der Waals surface area contributed by atoms with Gasteiger partial charge in [-0.2, -0.15) is 0 Å². The highest BCUT2D eigenvalue weighted by atomic mass is 16.7. The van der Waals surface area contributed by atoms with Gasteiger partial charge >= 0.3 is 24.6 Å². The molecule has 0 heterocycles. The molecule has 64 heavy (non-hydrogen) atoms. The van der Waals surface area contributed by atoms with Crippen molar-refractivity contribution in [3.05, 3.63) is 132 Å². The molecule has 0 bridgehead atoms. The number of rotatable bonds is 9. The zero-order valence-electron chi connectivity index (χ0n) is 38.7. The van der Waals surface area contributed by atoms with Gasteiger partial charge in [-0.1, -0.05) is 66.8 Å². The van der Waals surface area contributed by atoms with E-state index < -0.39 is 52.9 Å². The van der Waals surface area contributed by atoms with E-state index >= 15 is 0 Å². The van der Waals surface area contributed by atoms with Gasteiger partial charge in [0.05, 0.1) is 0 Å². The van der Waals surface area contributed by atoms with Gasteiger partial charge in [0.25, 0.3) is 0 Å². The molecule has 1 aliphatic rings. The Morgan fingerprint density at radius 1 is 0.469 bits per heavy atom. The lowest BCUT2D eigenvalue weighted by Gasteiger charge is -2.27. The summed E-state index contributed by atoms with van der Waals surface area (Å²) in [6.45, 7) is 25.2. The van der Waals surface area contributed by atoms with E-state index in [0.29, 0.717) is 28.7 Å². The Morgan fingerprint density at radius 2 is 0.797 bits per heavy atom. The smallest absolute Gasteiger partial charge is 0.428 e. The SMILES string of the molecule is C=C1C=C(C(c2cc(-c3ccc(OC(=O)OC(C)(C)C)cc3)ccc2OC(=O)OC(C)(C)C)c2cc(-c3ccc(OC(=O)OC(C)(C)C)cc3)ccc2OC(=O)OC(C)(C)C)C=CC1. The highest BCUT2D eigenvalue weighted by molar-refractivity contribution is 5.75. The highest BCUT2D eigenvalue weighted by Gasteiger charge is 2.31. The summed E-state index contributed by atoms with van der Waals surface area (Å²) < 4.78 is 44.7. The number of hydrogen-bond donors (Lipinski definition) is 0. The first kappa shape index (κ1) is 48.2. The molecule has 0 N–H and O–H groups in total. The lowest BCUT2D eigenvalue weighted by molar-refractivity contribution is 0.0190. The third kappa shape index (κ3) is 14.6. The van der Waals surface area contributed by atoms with Gasteiger partial charge in [0, 0.05) is 17.0 Å². The van der Waals surface area contributed by atoms with Crippen LogP contribution in [-0.4, -0.2) is 47.0 Å². The van der Waals surface area contributed by atoms with Crippen molar-refractivity contribution in [3.8, 4) is 45.3 Å². The van der Waals surface area contributed by atoms with E-state index in [1.165, 1.54) is 0 Å². The summed E-state index contributed by atoms with van der Waals surface area (Å²) in [6, 6.07) is 24.5. The van der Waals surface area contributed by atoms with Gasteiger partial charge in [0.2, 0.25) is 0 Å². The summed E-state index contributed by atoms with van der Waals surface area (Å²) in [6.07, 6.45) is 2.98. The van der Waals surface area contributed by atoms with Crippen LogP contribution in [0.1, 0.15) is 107 Å². The van der Waals surface area contributed by atoms with E-state index in [1.54, 1.807) is 156 Å². The fourth-order valence-electron chi connectivity index (χ4n) is 6.37. The molecule has 4 aromatic rings. The quantitative estimate of drug-likeness (QED) is 0.0897. The van der Waals surface area contributed by atoms with E-state index in [-0.39, 0.29) is 23.0 Å². The summed E-state index contributed by atoms with van der Waals surface area (Å²) >= 11 is 0. The summed E-state index contributed by atoms with van der Waals surface area (Å²) in [5.41, 5.74) is 2.31. The number of allylic oxidation sites excluding steroid dienone is 5. The molecule has 0 atom stereocenters. The van der Waals surface area contributed by atoms with Crippen LogP contribution in [0.15, 0.2) is 121 Å². The van der Waals surface area contributed by atoms with Gasteiger partial charge in [-0.25, -0.2) is 19.2 Å². The van der Waals surface area contributed by atoms with Crippen LogP contribution in [0.5, 0.6) is 23.0 Å². The molecule has 12 heteroatoms. The lowest BCUT2D eigenvalue weighted by atomic mass is 9.79. The molecule has 0 saturated carbocycles. The normalized spacial score (nSPS) is 13.1. The molecule has 0 spiro atoms. The highest BCUT2D eigenvalue weighted by Crippen LogP contribution is 2.46. The summed E-state index contributed by atoms with van der Waals surface area (Å²) in [5.74, 6) is 0.142. The number of ether oxygens (including phenoxy) is 8. The number of carbonyl (C=O) groups is 4. The minimum atomic E-state index is -0.922. The number of benzene rings is 4. The average molecular weight is 875 g/mol. The second-order valence-electron chi connectivity index (χ2n) is 19.2. The Kier molecular flexibility index (Phi) is 14.5. The predicted octanol–water partition coefficient (Wildman–Crippen LogP) is 13.9. The van der Waals surface area contributed by atoms with Crippen LogP contribution >= 0.6 is 0 Å². The van der Waals surface area contributed by atoms with Crippen molar-refractivity contribution in [1.82, 2.24) is 0 Å². The van der Waals surface area contributed by atoms with Gasteiger partial charge < -0.3 is 37.9 Å². The molecule has 0 saturated heterocycles. The molecular weight excluding hydrogens is 817 g/mol. The molecule has 12 nitrogen and oxygen atoms in total. The van der Waals surface area contributed by atoms with E-state index in [9.17, 15) is 19.2 Å².